The highest BCUT2D eigenvalue weighted by Crippen LogP contribution is 2.20. The van der Waals surface area contributed by atoms with Crippen molar-refractivity contribution in [2.75, 3.05) is 29.6 Å². The van der Waals surface area contributed by atoms with Crippen molar-refractivity contribution in [3.05, 3.63) is 53.8 Å². The number of thiazole rings is 1. The lowest BCUT2D eigenvalue weighted by Gasteiger charge is -2.12. The molecule has 3 aromatic rings. The first-order valence-electron chi connectivity index (χ1n) is 7.20. The summed E-state index contributed by atoms with van der Waals surface area (Å²) in [4.78, 5) is 26.6. The van der Waals surface area contributed by atoms with Crippen molar-refractivity contribution < 1.29 is 4.79 Å². The van der Waals surface area contributed by atoms with Crippen LogP contribution in [-0.2, 0) is 0 Å². The lowest BCUT2D eigenvalue weighted by atomic mass is 10.2. The minimum atomic E-state index is -0.258. The summed E-state index contributed by atoms with van der Waals surface area (Å²) < 4.78 is 0. The molecule has 0 aliphatic rings. The summed E-state index contributed by atoms with van der Waals surface area (Å²) in [7, 11) is 3.93. The van der Waals surface area contributed by atoms with Gasteiger partial charge in [-0.1, -0.05) is 0 Å². The monoisotopic (exact) mass is 340 g/mol. The first-order valence-corrected chi connectivity index (χ1v) is 8.08. The SMILES string of the molecule is CN(C)c1ccc(NC(=O)c2csc(Nc3ncccn3)n2)cc1. The van der Waals surface area contributed by atoms with Gasteiger partial charge in [-0.05, 0) is 30.3 Å². The maximum Gasteiger partial charge on any atom is 0.275 e. The van der Waals surface area contributed by atoms with Crippen LogP contribution in [0.15, 0.2) is 48.1 Å². The molecule has 2 N–H and O–H groups in total. The molecule has 122 valence electrons. The second kappa shape index (κ2) is 7.05. The summed E-state index contributed by atoms with van der Waals surface area (Å²) in [6.07, 6.45) is 3.27. The van der Waals surface area contributed by atoms with Crippen LogP contribution in [0.25, 0.3) is 0 Å². The Balaban J connectivity index is 1.65. The third-order valence-electron chi connectivity index (χ3n) is 3.16. The van der Waals surface area contributed by atoms with Crippen LogP contribution in [0.4, 0.5) is 22.5 Å². The molecular weight excluding hydrogens is 324 g/mol. The van der Waals surface area contributed by atoms with Gasteiger partial charge in [0.2, 0.25) is 5.95 Å². The van der Waals surface area contributed by atoms with Gasteiger partial charge in [0.25, 0.3) is 5.91 Å². The zero-order valence-electron chi connectivity index (χ0n) is 13.2. The average molecular weight is 340 g/mol. The van der Waals surface area contributed by atoms with E-state index in [2.05, 4.69) is 25.6 Å². The van der Waals surface area contributed by atoms with Gasteiger partial charge in [0, 0.05) is 43.2 Å². The van der Waals surface area contributed by atoms with Crippen LogP contribution in [0.2, 0.25) is 0 Å². The molecule has 0 aliphatic carbocycles. The van der Waals surface area contributed by atoms with Crippen LogP contribution >= 0.6 is 11.3 Å². The molecule has 0 fully saturated rings. The molecule has 1 amide bonds. The van der Waals surface area contributed by atoms with Gasteiger partial charge >= 0.3 is 0 Å². The summed E-state index contributed by atoms with van der Waals surface area (Å²) in [5, 5.41) is 8.05. The highest BCUT2D eigenvalue weighted by Gasteiger charge is 2.12. The Morgan fingerprint density at radius 3 is 2.50 bits per heavy atom. The van der Waals surface area contributed by atoms with Crippen LogP contribution in [-0.4, -0.2) is 35.0 Å². The van der Waals surface area contributed by atoms with E-state index in [1.54, 1.807) is 23.8 Å². The molecule has 0 unspecified atom stereocenters. The number of hydrogen-bond donors (Lipinski definition) is 2. The van der Waals surface area contributed by atoms with Gasteiger partial charge in [0.05, 0.1) is 0 Å². The fourth-order valence-electron chi connectivity index (χ4n) is 1.93. The van der Waals surface area contributed by atoms with Gasteiger partial charge in [-0.25, -0.2) is 15.0 Å². The van der Waals surface area contributed by atoms with E-state index in [9.17, 15) is 4.79 Å². The molecule has 0 radical (unpaired) electrons. The van der Waals surface area contributed by atoms with Crippen molar-refractivity contribution in [1.29, 1.82) is 0 Å². The molecule has 0 bridgehead atoms. The molecule has 7 nitrogen and oxygen atoms in total. The molecular formula is C16H16N6OS. The molecule has 2 aromatic heterocycles. The Hall–Kier alpha value is -3.00. The highest BCUT2D eigenvalue weighted by molar-refractivity contribution is 7.14. The second-order valence-electron chi connectivity index (χ2n) is 5.13. The molecule has 0 aliphatic heterocycles. The van der Waals surface area contributed by atoms with Crippen molar-refractivity contribution >= 4 is 39.7 Å². The number of nitrogens with one attached hydrogen (secondary N) is 2. The lowest BCUT2D eigenvalue weighted by molar-refractivity contribution is 0.102. The van der Waals surface area contributed by atoms with E-state index in [4.69, 9.17) is 0 Å². The van der Waals surface area contributed by atoms with E-state index in [0.717, 1.165) is 11.4 Å². The fraction of sp³-hybridized carbons (Fsp3) is 0.125. The van der Waals surface area contributed by atoms with E-state index in [1.165, 1.54) is 11.3 Å². The predicted molar refractivity (Wildman–Crippen MR) is 96.2 cm³/mol. The maximum absolute atomic E-state index is 12.3. The number of benzene rings is 1. The van der Waals surface area contributed by atoms with Gasteiger partial charge in [0.1, 0.15) is 5.69 Å². The summed E-state index contributed by atoms with van der Waals surface area (Å²) in [6.45, 7) is 0. The predicted octanol–water partition coefficient (Wildman–Crippen LogP) is 3.00. The van der Waals surface area contributed by atoms with Gasteiger partial charge in [-0.15, -0.1) is 11.3 Å². The van der Waals surface area contributed by atoms with E-state index < -0.39 is 0 Å². The molecule has 1 aromatic carbocycles. The molecule has 2 heterocycles. The van der Waals surface area contributed by atoms with Crippen molar-refractivity contribution in [3.63, 3.8) is 0 Å². The Kier molecular flexibility index (Phi) is 4.66. The van der Waals surface area contributed by atoms with Gasteiger partial charge in [-0.2, -0.15) is 0 Å². The third-order valence-corrected chi connectivity index (χ3v) is 3.92. The normalized spacial score (nSPS) is 10.2. The molecule has 0 saturated carbocycles. The summed E-state index contributed by atoms with van der Waals surface area (Å²) in [6, 6.07) is 9.33. The third kappa shape index (κ3) is 3.85. The van der Waals surface area contributed by atoms with E-state index in [0.29, 0.717) is 16.8 Å². The smallest absolute Gasteiger partial charge is 0.275 e. The number of amides is 1. The first kappa shape index (κ1) is 15.9. The van der Waals surface area contributed by atoms with Crippen molar-refractivity contribution in [1.82, 2.24) is 15.0 Å². The number of hydrogen-bond acceptors (Lipinski definition) is 7. The topological polar surface area (TPSA) is 83.0 Å². The minimum Gasteiger partial charge on any atom is -0.378 e. The van der Waals surface area contributed by atoms with Crippen LogP contribution < -0.4 is 15.5 Å². The summed E-state index contributed by atoms with van der Waals surface area (Å²) in [5.74, 6) is 0.184. The van der Waals surface area contributed by atoms with Crippen molar-refractivity contribution in [2.24, 2.45) is 0 Å². The maximum atomic E-state index is 12.3. The summed E-state index contributed by atoms with van der Waals surface area (Å²) in [5.41, 5.74) is 2.13. The van der Waals surface area contributed by atoms with E-state index in [-0.39, 0.29) is 5.91 Å². The Bertz CT molecular complexity index is 816. The zero-order valence-corrected chi connectivity index (χ0v) is 14.0. The fourth-order valence-corrected chi connectivity index (χ4v) is 2.62. The van der Waals surface area contributed by atoms with Crippen LogP contribution in [0.5, 0.6) is 0 Å². The molecule has 0 atom stereocenters. The van der Waals surface area contributed by atoms with Gasteiger partial charge in [-0.3, -0.25) is 4.79 Å². The van der Waals surface area contributed by atoms with E-state index in [1.807, 2.05) is 43.3 Å². The van der Waals surface area contributed by atoms with Gasteiger partial charge in [0.15, 0.2) is 5.13 Å². The number of aromatic nitrogens is 3. The lowest BCUT2D eigenvalue weighted by Crippen LogP contribution is -2.13. The molecule has 3 rings (SSSR count). The van der Waals surface area contributed by atoms with Crippen molar-refractivity contribution in [3.8, 4) is 0 Å². The van der Waals surface area contributed by atoms with Gasteiger partial charge < -0.3 is 15.5 Å². The summed E-state index contributed by atoms with van der Waals surface area (Å²) >= 11 is 1.32. The molecule has 24 heavy (non-hydrogen) atoms. The minimum absolute atomic E-state index is 0.258. The second-order valence-corrected chi connectivity index (χ2v) is 5.99. The Morgan fingerprint density at radius 2 is 1.83 bits per heavy atom. The standard InChI is InChI=1S/C16H16N6OS/c1-22(2)12-6-4-11(5-7-12)19-14(23)13-10-24-16(20-13)21-15-17-8-3-9-18-15/h3-10H,1-2H3,(H,19,23)(H,17,18,20,21). The van der Waals surface area contributed by atoms with Crippen molar-refractivity contribution in [2.45, 2.75) is 0 Å². The van der Waals surface area contributed by atoms with E-state index >= 15 is 0 Å². The Labute approximate surface area is 143 Å². The number of carbonyl (C=O) groups is 1. The van der Waals surface area contributed by atoms with Crippen LogP contribution in [0.3, 0.4) is 0 Å². The van der Waals surface area contributed by atoms with Crippen LogP contribution in [0.1, 0.15) is 10.5 Å². The number of carbonyl (C=O) groups excluding carboxylic acids is 1. The average Bonchev–Trinajstić information content (AvgIpc) is 3.05. The quantitative estimate of drug-likeness (QED) is 0.743. The largest absolute Gasteiger partial charge is 0.378 e. The Morgan fingerprint density at radius 1 is 1.12 bits per heavy atom. The first-order chi connectivity index (χ1) is 11.6. The molecule has 8 heteroatoms. The molecule has 0 saturated heterocycles. The number of anilines is 4. The molecule has 0 spiro atoms. The highest BCUT2D eigenvalue weighted by atomic mass is 32.1. The number of rotatable bonds is 5. The number of nitrogens with zero attached hydrogens (tertiary/aromatic N) is 4. The van der Waals surface area contributed by atoms with Crippen LogP contribution in [0, 0.1) is 0 Å². The zero-order chi connectivity index (χ0) is 16.9.